The van der Waals surface area contributed by atoms with E-state index in [0.29, 0.717) is 10.4 Å². The molecule has 2 heteroatoms. The molecule has 0 bridgehead atoms. The molecule has 0 aromatic carbocycles. The summed E-state index contributed by atoms with van der Waals surface area (Å²) in [5.74, 6) is 0. The van der Waals surface area contributed by atoms with Crippen LogP contribution in [0.25, 0.3) is 0 Å². The van der Waals surface area contributed by atoms with Crippen LogP contribution in [-0.4, -0.2) is 17.0 Å². The number of hydrogen-bond acceptors (Lipinski definition) is 1. The maximum Gasteiger partial charge on any atom is 0.0683 e. The quantitative estimate of drug-likeness (QED) is 0.583. The molecule has 0 N–H and O–H groups in total. The molecule has 1 heterocycles. The first-order valence-corrected chi connectivity index (χ1v) is 6.00. The Balaban J connectivity index is 1.92. The summed E-state index contributed by atoms with van der Waals surface area (Å²) in [5, 5.41) is 0. The molecule has 0 aromatic rings. The van der Waals surface area contributed by atoms with Crippen LogP contribution in [-0.2, 0) is 4.74 Å². The van der Waals surface area contributed by atoms with E-state index in [1.807, 2.05) is 0 Å². The fourth-order valence-corrected chi connectivity index (χ4v) is 2.79. The molecule has 1 spiro atoms. The van der Waals surface area contributed by atoms with Crippen LogP contribution in [0.15, 0.2) is 0 Å². The third kappa shape index (κ3) is 1.85. The van der Waals surface area contributed by atoms with Crippen molar-refractivity contribution in [2.24, 2.45) is 0 Å². The van der Waals surface area contributed by atoms with E-state index in [0.717, 1.165) is 6.61 Å². The molecule has 1 aliphatic heterocycles. The van der Waals surface area contributed by atoms with Crippen molar-refractivity contribution in [1.82, 2.24) is 0 Å². The molecular weight excluding hydrogens is 216 g/mol. The van der Waals surface area contributed by atoms with Gasteiger partial charge in [0.15, 0.2) is 0 Å². The second-order valence-electron chi connectivity index (χ2n) is 4.19. The number of hydrogen-bond donors (Lipinski definition) is 0. The van der Waals surface area contributed by atoms with Crippen LogP contribution < -0.4 is 0 Å². The lowest BCUT2D eigenvalue weighted by Crippen LogP contribution is -2.41. The number of halogens is 1. The van der Waals surface area contributed by atoms with Gasteiger partial charge in [0.2, 0.25) is 0 Å². The highest BCUT2D eigenvalue weighted by Crippen LogP contribution is 2.39. The first kappa shape index (κ1) is 9.01. The molecule has 1 atom stereocenters. The Morgan fingerprint density at radius 1 is 1.08 bits per heavy atom. The largest absolute Gasteiger partial charge is 0.374 e. The molecule has 1 saturated heterocycles. The van der Waals surface area contributed by atoms with Crippen molar-refractivity contribution in [2.45, 2.75) is 55.4 Å². The normalized spacial score (nSPS) is 35.2. The first-order valence-electron chi connectivity index (χ1n) is 5.09. The van der Waals surface area contributed by atoms with E-state index in [-0.39, 0.29) is 0 Å². The highest BCUT2D eigenvalue weighted by molar-refractivity contribution is 9.09. The van der Waals surface area contributed by atoms with E-state index >= 15 is 0 Å². The van der Waals surface area contributed by atoms with Gasteiger partial charge >= 0.3 is 0 Å². The molecule has 2 fully saturated rings. The summed E-state index contributed by atoms with van der Waals surface area (Å²) in [5.41, 5.74) is 0.308. The van der Waals surface area contributed by atoms with Gasteiger partial charge < -0.3 is 4.74 Å². The van der Waals surface area contributed by atoms with Crippen LogP contribution >= 0.6 is 15.9 Å². The zero-order valence-electron chi connectivity index (χ0n) is 7.52. The summed E-state index contributed by atoms with van der Waals surface area (Å²) < 4.78 is 5.97. The highest BCUT2D eigenvalue weighted by Gasteiger charge is 2.36. The molecule has 0 amide bonds. The van der Waals surface area contributed by atoms with Crippen molar-refractivity contribution in [3.8, 4) is 0 Å². The van der Waals surface area contributed by atoms with Gasteiger partial charge in [0, 0.05) is 4.83 Å². The summed E-state index contributed by atoms with van der Waals surface area (Å²) in [4.78, 5) is 0.616. The lowest BCUT2D eigenvalue weighted by Gasteiger charge is -2.41. The van der Waals surface area contributed by atoms with Crippen molar-refractivity contribution in [3.63, 3.8) is 0 Å². The van der Waals surface area contributed by atoms with Crippen LogP contribution in [0.3, 0.4) is 0 Å². The molecule has 1 saturated carbocycles. The van der Waals surface area contributed by atoms with Crippen molar-refractivity contribution < 1.29 is 4.74 Å². The maximum atomic E-state index is 5.97. The second kappa shape index (κ2) is 3.67. The van der Waals surface area contributed by atoms with E-state index in [1.165, 1.54) is 44.9 Å². The summed E-state index contributed by atoms with van der Waals surface area (Å²) in [7, 11) is 0. The Hall–Kier alpha value is 0.440. The molecule has 0 aromatic heterocycles. The smallest absolute Gasteiger partial charge is 0.0683 e. The fourth-order valence-electron chi connectivity index (χ4n) is 2.43. The molecule has 0 radical (unpaired) electrons. The van der Waals surface area contributed by atoms with Gasteiger partial charge in [-0.05, 0) is 25.7 Å². The van der Waals surface area contributed by atoms with Gasteiger partial charge in [-0.1, -0.05) is 35.2 Å². The minimum atomic E-state index is 0.308. The minimum Gasteiger partial charge on any atom is -0.374 e. The molecule has 1 unspecified atom stereocenters. The van der Waals surface area contributed by atoms with Gasteiger partial charge in [-0.25, -0.2) is 0 Å². The van der Waals surface area contributed by atoms with Crippen molar-refractivity contribution >= 4 is 15.9 Å². The standard InChI is InChI=1S/C10H17BrO/c11-9-4-7-10(12-8-9)5-2-1-3-6-10/h9H,1-8H2. The lowest BCUT2D eigenvalue weighted by molar-refractivity contribution is -0.0960. The second-order valence-corrected chi connectivity index (χ2v) is 5.49. The number of alkyl halides is 1. The van der Waals surface area contributed by atoms with Crippen LogP contribution in [0.5, 0.6) is 0 Å². The SMILES string of the molecule is BrC1CCC2(CCCCC2)OC1. The Bertz CT molecular complexity index is 142. The summed E-state index contributed by atoms with van der Waals surface area (Å²) >= 11 is 3.61. The number of rotatable bonds is 0. The van der Waals surface area contributed by atoms with E-state index in [2.05, 4.69) is 15.9 Å². The maximum absolute atomic E-state index is 5.97. The predicted molar refractivity (Wildman–Crippen MR) is 53.7 cm³/mol. The average Bonchev–Trinajstić information content (AvgIpc) is 2.13. The minimum absolute atomic E-state index is 0.308. The van der Waals surface area contributed by atoms with Gasteiger partial charge in [-0.2, -0.15) is 0 Å². The Morgan fingerprint density at radius 3 is 2.42 bits per heavy atom. The van der Waals surface area contributed by atoms with E-state index in [9.17, 15) is 0 Å². The average molecular weight is 233 g/mol. The first-order chi connectivity index (χ1) is 5.81. The topological polar surface area (TPSA) is 9.23 Å². The van der Waals surface area contributed by atoms with Gasteiger partial charge in [0.25, 0.3) is 0 Å². The molecule has 12 heavy (non-hydrogen) atoms. The Morgan fingerprint density at radius 2 is 1.83 bits per heavy atom. The Kier molecular flexibility index (Phi) is 2.75. The van der Waals surface area contributed by atoms with Gasteiger partial charge in [-0.15, -0.1) is 0 Å². The monoisotopic (exact) mass is 232 g/mol. The van der Waals surface area contributed by atoms with E-state index in [4.69, 9.17) is 4.74 Å². The summed E-state index contributed by atoms with van der Waals surface area (Å²) in [6, 6.07) is 0. The zero-order chi connectivity index (χ0) is 8.44. The Labute approximate surface area is 83.0 Å². The molecule has 2 rings (SSSR count). The predicted octanol–water partition coefficient (Wildman–Crippen LogP) is 3.26. The summed E-state index contributed by atoms with van der Waals surface area (Å²) in [6.45, 7) is 0.931. The lowest BCUT2D eigenvalue weighted by atomic mass is 9.80. The summed E-state index contributed by atoms with van der Waals surface area (Å²) in [6.07, 6.45) is 9.39. The van der Waals surface area contributed by atoms with Gasteiger partial charge in [-0.3, -0.25) is 0 Å². The molecule has 70 valence electrons. The zero-order valence-corrected chi connectivity index (χ0v) is 9.11. The molecule has 1 aliphatic carbocycles. The van der Waals surface area contributed by atoms with Crippen LogP contribution in [0.2, 0.25) is 0 Å². The van der Waals surface area contributed by atoms with Crippen molar-refractivity contribution in [1.29, 1.82) is 0 Å². The molecular formula is C10H17BrO. The van der Waals surface area contributed by atoms with Crippen molar-refractivity contribution in [3.05, 3.63) is 0 Å². The van der Waals surface area contributed by atoms with Crippen molar-refractivity contribution in [2.75, 3.05) is 6.61 Å². The number of ether oxygens (including phenoxy) is 1. The fraction of sp³-hybridized carbons (Fsp3) is 1.00. The van der Waals surface area contributed by atoms with Crippen LogP contribution in [0.4, 0.5) is 0 Å². The van der Waals surface area contributed by atoms with Crippen LogP contribution in [0.1, 0.15) is 44.9 Å². The van der Waals surface area contributed by atoms with Gasteiger partial charge in [0.05, 0.1) is 12.2 Å². The third-order valence-electron chi connectivity index (χ3n) is 3.25. The highest BCUT2D eigenvalue weighted by atomic mass is 79.9. The molecule has 1 nitrogen and oxygen atoms in total. The third-order valence-corrected chi connectivity index (χ3v) is 3.97. The van der Waals surface area contributed by atoms with E-state index < -0.39 is 0 Å². The van der Waals surface area contributed by atoms with Crippen LogP contribution in [0, 0.1) is 0 Å². The van der Waals surface area contributed by atoms with E-state index in [1.54, 1.807) is 0 Å². The molecule has 2 aliphatic rings. The van der Waals surface area contributed by atoms with Gasteiger partial charge in [0.1, 0.15) is 0 Å².